The van der Waals surface area contributed by atoms with E-state index in [1.54, 1.807) is 36.4 Å². The first-order valence-electron chi connectivity index (χ1n) is 11.5. The van der Waals surface area contributed by atoms with Crippen LogP contribution in [0.15, 0.2) is 82.5 Å². The molecule has 0 saturated carbocycles. The molecule has 1 unspecified atom stereocenters. The number of aliphatic hydroxyl groups excluding tert-OH is 1. The van der Waals surface area contributed by atoms with Gasteiger partial charge in [0.1, 0.15) is 12.2 Å². The van der Waals surface area contributed by atoms with E-state index in [0.717, 1.165) is 16.8 Å². The smallest absolute Gasteiger partial charge is 0.330 e. The van der Waals surface area contributed by atoms with Gasteiger partial charge in [-0.1, -0.05) is 60.7 Å². The van der Waals surface area contributed by atoms with Gasteiger partial charge in [0.25, 0.3) is 5.56 Å². The van der Waals surface area contributed by atoms with Crippen molar-refractivity contribution in [3.05, 3.63) is 105 Å². The summed E-state index contributed by atoms with van der Waals surface area (Å²) in [5.41, 5.74) is -3.99. The second-order valence-corrected chi connectivity index (χ2v) is 8.44. The van der Waals surface area contributed by atoms with Crippen molar-refractivity contribution in [2.24, 2.45) is 0 Å². The number of carbonyl (C=O) groups excluding carboxylic acids is 2. The van der Waals surface area contributed by atoms with Crippen molar-refractivity contribution in [1.82, 2.24) is 9.55 Å². The molecular weight excluding hydrogens is 484 g/mol. The summed E-state index contributed by atoms with van der Waals surface area (Å²) in [6.07, 6.45) is -5.71. The molecule has 3 aromatic rings. The highest BCUT2D eigenvalue weighted by molar-refractivity contribution is 6.08. The van der Waals surface area contributed by atoms with Crippen LogP contribution >= 0.6 is 0 Å². The summed E-state index contributed by atoms with van der Waals surface area (Å²) in [5.74, 6) is -1.92. The first kappa shape index (κ1) is 26.3. The van der Waals surface area contributed by atoms with Gasteiger partial charge in [0.15, 0.2) is 29.5 Å². The Kier molecular flexibility index (Phi) is 7.91. The predicted molar refractivity (Wildman–Crippen MR) is 129 cm³/mol. The SMILES string of the molecule is COCCO[C@H]1[C@H](n2ccc(=O)[nH]c2=O)O[C@H](C(=O)C(O)c2ccccc2)[C@]1(O)C(=O)c1ccccc1. The van der Waals surface area contributed by atoms with E-state index in [4.69, 9.17) is 14.2 Å². The Morgan fingerprint density at radius 2 is 1.70 bits per heavy atom. The van der Waals surface area contributed by atoms with E-state index in [2.05, 4.69) is 4.98 Å². The summed E-state index contributed by atoms with van der Waals surface area (Å²) >= 11 is 0. The fourth-order valence-electron chi connectivity index (χ4n) is 4.28. The molecule has 2 heterocycles. The van der Waals surface area contributed by atoms with Crippen molar-refractivity contribution >= 4 is 11.6 Å². The van der Waals surface area contributed by atoms with Crippen LogP contribution in [0.3, 0.4) is 0 Å². The fraction of sp³-hybridized carbons (Fsp3) is 0.308. The van der Waals surface area contributed by atoms with Crippen LogP contribution in [0.2, 0.25) is 0 Å². The Morgan fingerprint density at radius 3 is 2.32 bits per heavy atom. The van der Waals surface area contributed by atoms with Crippen LogP contribution in [0, 0.1) is 0 Å². The van der Waals surface area contributed by atoms with Crippen LogP contribution in [0.4, 0.5) is 0 Å². The Balaban J connectivity index is 1.85. The summed E-state index contributed by atoms with van der Waals surface area (Å²) in [6, 6.07) is 16.7. The number of aliphatic hydroxyl groups is 2. The summed E-state index contributed by atoms with van der Waals surface area (Å²) in [7, 11) is 1.42. The monoisotopic (exact) mass is 510 g/mol. The lowest BCUT2D eigenvalue weighted by Gasteiger charge is -2.32. The van der Waals surface area contributed by atoms with Gasteiger partial charge in [0, 0.05) is 24.9 Å². The number of rotatable bonds is 10. The Hall–Kier alpha value is -3.74. The van der Waals surface area contributed by atoms with Crippen molar-refractivity contribution < 1.29 is 34.0 Å². The number of Topliss-reactive ketones (excluding diaryl/α,β-unsaturated/α-hetero) is 2. The van der Waals surface area contributed by atoms with Crippen molar-refractivity contribution in [3.63, 3.8) is 0 Å². The molecule has 11 nitrogen and oxygen atoms in total. The molecule has 194 valence electrons. The molecule has 4 rings (SSSR count). The highest BCUT2D eigenvalue weighted by Gasteiger charge is 2.65. The van der Waals surface area contributed by atoms with Gasteiger partial charge >= 0.3 is 5.69 Å². The number of hydrogen-bond donors (Lipinski definition) is 3. The predicted octanol–water partition coefficient (Wildman–Crippen LogP) is 0.382. The number of aromatic amines is 1. The van der Waals surface area contributed by atoms with Gasteiger partial charge in [-0.3, -0.25) is 23.9 Å². The number of ketones is 2. The normalized spacial score (nSPS) is 24.0. The van der Waals surface area contributed by atoms with Crippen molar-refractivity contribution in [3.8, 4) is 0 Å². The van der Waals surface area contributed by atoms with Gasteiger partial charge in [0.05, 0.1) is 13.2 Å². The summed E-state index contributed by atoms with van der Waals surface area (Å²) in [4.78, 5) is 53.7. The molecule has 3 N–H and O–H groups in total. The third kappa shape index (κ3) is 5.08. The zero-order chi connectivity index (χ0) is 26.6. The zero-order valence-electron chi connectivity index (χ0n) is 19.9. The molecule has 1 fully saturated rings. The van der Waals surface area contributed by atoms with E-state index in [9.17, 15) is 29.4 Å². The highest BCUT2D eigenvalue weighted by atomic mass is 16.6. The lowest BCUT2D eigenvalue weighted by atomic mass is 9.80. The molecular formula is C26H26N2O9. The molecule has 0 amide bonds. The zero-order valence-corrected chi connectivity index (χ0v) is 19.9. The standard InChI is InChI=1S/C26H26N2O9/c1-35-14-15-36-23-24(28-13-12-18(29)27-25(28)33)37-22(20(31)19(30)16-8-4-2-5-9-16)26(23,34)21(32)17-10-6-3-7-11-17/h2-13,19,22-24,30,34H,14-15H2,1H3,(H,27,29,33)/t19?,22-,23+,24-,26-/m1/s1. The van der Waals surface area contributed by atoms with Gasteiger partial charge in [-0.15, -0.1) is 0 Å². The maximum atomic E-state index is 13.8. The van der Waals surface area contributed by atoms with Gasteiger partial charge in [-0.05, 0) is 5.56 Å². The van der Waals surface area contributed by atoms with Crippen molar-refractivity contribution in [2.45, 2.75) is 30.1 Å². The minimum Gasteiger partial charge on any atom is -0.382 e. The second-order valence-electron chi connectivity index (χ2n) is 8.44. The molecule has 1 saturated heterocycles. The minimum absolute atomic E-state index is 0.0513. The Labute approximate surface area is 210 Å². The number of ether oxygens (including phenoxy) is 3. The van der Waals surface area contributed by atoms with E-state index in [1.807, 2.05) is 0 Å². The van der Waals surface area contributed by atoms with Gasteiger partial charge in [0.2, 0.25) is 0 Å². The van der Waals surface area contributed by atoms with Crippen LogP contribution in [0.25, 0.3) is 0 Å². The van der Waals surface area contributed by atoms with Crippen LogP contribution in [0.5, 0.6) is 0 Å². The number of nitrogens with zero attached hydrogens (tertiary/aromatic N) is 1. The van der Waals surface area contributed by atoms with Gasteiger partial charge < -0.3 is 24.4 Å². The third-order valence-corrected chi connectivity index (χ3v) is 6.12. The maximum absolute atomic E-state index is 13.8. The topological polar surface area (TPSA) is 157 Å². The van der Waals surface area contributed by atoms with Crippen LogP contribution in [-0.2, 0) is 19.0 Å². The van der Waals surface area contributed by atoms with E-state index in [0.29, 0.717) is 0 Å². The molecule has 0 spiro atoms. The average molecular weight is 510 g/mol. The first-order chi connectivity index (χ1) is 17.8. The van der Waals surface area contributed by atoms with Gasteiger partial charge in [-0.2, -0.15) is 0 Å². The lowest BCUT2D eigenvalue weighted by Crippen LogP contribution is -2.58. The lowest BCUT2D eigenvalue weighted by molar-refractivity contribution is -0.148. The minimum atomic E-state index is -2.66. The largest absolute Gasteiger partial charge is 0.382 e. The van der Waals surface area contributed by atoms with Crippen molar-refractivity contribution in [2.75, 3.05) is 20.3 Å². The molecule has 37 heavy (non-hydrogen) atoms. The van der Waals surface area contributed by atoms with E-state index in [1.165, 1.54) is 31.4 Å². The number of aromatic nitrogens is 2. The molecule has 1 aromatic heterocycles. The maximum Gasteiger partial charge on any atom is 0.330 e. The summed E-state index contributed by atoms with van der Waals surface area (Å²) < 4.78 is 17.6. The Morgan fingerprint density at radius 1 is 1.05 bits per heavy atom. The average Bonchev–Trinajstić information content (AvgIpc) is 3.21. The van der Waals surface area contributed by atoms with E-state index in [-0.39, 0.29) is 24.3 Å². The number of hydrogen-bond acceptors (Lipinski definition) is 9. The molecule has 0 bridgehead atoms. The van der Waals surface area contributed by atoms with Crippen LogP contribution in [-0.4, -0.2) is 69.5 Å². The number of H-pyrrole nitrogens is 1. The molecule has 5 atom stereocenters. The van der Waals surface area contributed by atoms with Crippen molar-refractivity contribution in [1.29, 1.82) is 0 Å². The van der Waals surface area contributed by atoms with E-state index >= 15 is 0 Å². The third-order valence-electron chi connectivity index (χ3n) is 6.12. The number of methoxy groups -OCH3 is 1. The first-order valence-corrected chi connectivity index (χ1v) is 11.5. The summed E-state index contributed by atoms with van der Waals surface area (Å²) in [5, 5.41) is 22.9. The van der Waals surface area contributed by atoms with Crippen LogP contribution in [0.1, 0.15) is 28.3 Å². The molecule has 0 aliphatic carbocycles. The molecule has 0 radical (unpaired) electrons. The second kappa shape index (κ2) is 11.1. The molecule has 2 aromatic carbocycles. The van der Waals surface area contributed by atoms with Crippen LogP contribution < -0.4 is 11.2 Å². The molecule has 1 aliphatic heterocycles. The van der Waals surface area contributed by atoms with Gasteiger partial charge in [-0.25, -0.2) is 4.79 Å². The fourth-order valence-corrected chi connectivity index (χ4v) is 4.28. The number of benzene rings is 2. The molecule has 1 aliphatic rings. The number of carbonyl (C=O) groups is 2. The summed E-state index contributed by atoms with van der Waals surface area (Å²) in [6.45, 7) is -0.0732. The highest BCUT2D eigenvalue weighted by Crippen LogP contribution is 2.42. The Bertz CT molecular complexity index is 1360. The molecule has 11 heteroatoms. The van der Waals surface area contributed by atoms with E-state index < -0.39 is 53.0 Å². The number of nitrogens with one attached hydrogen (secondary N) is 1. The quantitative estimate of drug-likeness (QED) is 0.259.